The second-order valence-electron chi connectivity index (χ2n) is 5.39. The van der Waals surface area contributed by atoms with E-state index >= 15 is 0 Å². The van der Waals surface area contributed by atoms with Gasteiger partial charge in [-0.3, -0.25) is 4.79 Å². The number of nitrogens with one attached hydrogen (secondary N) is 1. The van der Waals surface area contributed by atoms with Crippen LogP contribution in [0, 0.1) is 14.9 Å². The molecule has 0 aliphatic carbocycles. The van der Waals surface area contributed by atoms with Gasteiger partial charge in [-0.2, -0.15) is 5.26 Å². The highest BCUT2D eigenvalue weighted by Crippen LogP contribution is 2.23. The fourth-order valence-corrected chi connectivity index (χ4v) is 2.80. The highest BCUT2D eigenvalue weighted by atomic mass is 127. The highest BCUT2D eigenvalue weighted by Gasteiger charge is 2.10. The van der Waals surface area contributed by atoms with E-state index < -0.39 is 11.9 Å². The van der Waals surface area contributed by atoms with Gasteiger partial charge in [-0.25, -0.2) is 4.79 Å². The normalized spacial score (nSPS) is 10.6. The van der Waals surface area contributed by atoms with E-state index in [9.17, 15) is 14.9 Å². The molecule has 0 aliphatic rings. The number of benzene rings is 2. The Morgan fingerprint density at radius 3 is 2.59 bits per heavy atom. The van der Waals surface area contributed by atoms with Crippen molar-refractivity contribution in [2.45, 2.75) is 6.54 Å². The van der Waals surface area contributed by atoms with E-state index in [1.54, 1.807) is 18.2 Å². The maximum absolute atomic E-state index is 12.2. The van der Waals surface area contributed by atoms with E-state index in [2.05, 4.69) is 32.6 Å². The predicted octanol–water partition coefficient (Wildman–Crippen LogP) is 3.07. The van der Waals surface area contributed by atoms with E-state index in [1.165, 1.54) is 13.2 Å². The minimum Gasteiger partial charge on any atom is -0.481 e. The number of amides is 1. The van der Waals surface area contributed by atoms with Crippen molar-refractivity contribution in [1.29, 1.82) is 5.26 Å². The largest absolute Gasteiger partial charge is 0.481 e. The minimum absolute atomic E-state index is 0.00459. The zero-order valence-corrected chi connectivity index (χ0v) is 16.7. The van der Waals surface area contributed by atoms with Crippen molar-refractivity contribution in [3.05, 3.63) is 68.8 Å². The van der Waals surface area contributed by atoms with Crippen LogP contribution in [0.2, 0.25) is 0 Å². The lowest BCUT2D eigenvalue weighted by atomic mass is 10.1. The molecule has 0 spiro atoms. The van der Waals surface area contributed by atoms with Crippen LogP contribution in [0.15, 0.2) is 54.1 Å². The molecule has 0 aliphatic heterocycles. The number of ether oxygens (including phenoxy) is 2. The SMILES string of the molecule is COC(=O)COc1ccc(/C=C(/C#N)C(=O)NCc2ccccc2)cc1I. The second-order valence-corrected chi connectivity index (χ2v) is 6.55. The van der Waals surface area contributed by atoms with Crippen LogP contribution >= 0.6 is 22.6 Å². The molecule has 0 saturated heterocycles. The zero-order chi connectivity index (χ0) is 19.6. The molecule has 0 fully saturated rings. The van der Waals surface area contributed by atoms with Crippen LogP contribution in [-0.2, 0) is 20.9 Å². The van der Waals surface area contributed by atoms with Crippen LogP contribution in [0.3, 0.4) is 0 Å². The van der Waals surface area contributed by atoms with Gasteiger partial charge in [0.25, 0.3) is 5.91 Å². The van der Waals surface area contributed by atoms with Crippen molar-refractivity contribution in [3.8, 4) is 11.8 Å². The van der Waals surface area contributed by atoms with Gasteiger partial charge in [0.1, 0.15) is 17.4 Å². The quantitative estimate of drug-likeness (QED) is 0.287. The maximum atomic E-state index is 12.2. The molecule has 1 amide bonds. The van der Waals surface area contributed by atoms with Gasteiger partial charge in [0, 0.05) is 6.54 Å². The predicted molar refractivity (Wildman–Crippen MR) is 109 cm³/mol. The smallest absolute Gasteiger partial charge is 0.343 e. The topological polar surface area (TPSA) is 88.4 Å². The van der Waals surface area contributed by atoms with Gasteiger partial charge in [0.05, 0.1) is 10.7 Å². The molecular formula is C20H17IN2O4. The molecule has 0 bridgehead atoms. The number of esters is 1. The lowest BCUT2D eigenvalue weighted by molar-refractivity contribution is -0.142. The highest BCUT2D eigenvalue weighted by molar-refractivity contribution is 14.1. The van der Waals surface area contributed by atoms with E-state index in [0.29, 0.717) is 17.9 Å². The second kappa shape index (κ2) is 10.3. The van der Waals surface area contributed by atoms with Gasteiger partial charge in [0.2, 0.25) is 0 Å². The number of hydrogen-bond acceptors (Lipinski definition) is 5. The minimum atomic E-state index is -0.475. The summed E-state index contributed by atoms with van der Waals surface area (Å²) in [6, 6.07) is 16.5. The first-order valence-electron chi connectivity index (χ1n) is 7.96. The van der Waals surface area contributed by atoms with Crippen molar-refractivity contribution in [2.75, 3.05) is 13.7 Å². The van der Waals surface area contributed by atoms with Gasteiger partial charge in [-0.05, 0) is 51.9 Å². The summed E-state index contributed by atoms with van der Waals surface area (Å²) in [4.78, 5) is 23.4. The van der Waals surface area contributed by atoms with Crippen molar-refractivity contribution in [1.82, 2.24) is 5.32 Å². The first-order chi connectivity index (χ1) is 13.0. The molecule has 0 radical (unpaired) electrons. The van der Waals surface area contributed by atoms with Crippen LogP contribution in [0.25, 0.3) is 6.08 Å². The summed E-state index contributed by atoms with van der Waals surface area (Å²) in [7, 11) is 1.29. The van der Waals surface area contributed by atoms with E-state index in [4.69, 9.17) is 4.74 Å². The standard InChI is InChI=1S/C20H17IN2O4/c1-26-19(24)13-27-18-8-7-15(10-17(18)21)9-16(11-22)20(25)23-12-14-5-3-2-4-6-14/h2-10H,12-13H2,1H3,(H,23,25)/b16-9-. The van der Waals surface area contributed by atoms with E-state index in [0.717, 1.165) is 9.13 Å². The van der Waals surface area contributed by atoms with Gasteiger partial charge >= 0.3 is 5.97 Å². The fraction of sp³-hybridized carbons (Fsp3) is 0.150. The van der Waals surface area contributed by atoms with Crippen LogP contribution in [0.5, 0.6) is 5.75 Å². The van der Waals surface area contributed by atoms with Crippen molar-refractivity contribution in [3.63, 3.8) is 0 Å². The number of halogens is 1. The third-order valence-electron chi connectivity index (χ3n) is 3.50. The Hall–Kier alpha value is -2.86. The molecule has 7 heteroatoms. The first kappa shape index (κ1) is 20.5. The number of nitriles is 1. The summed E-state index contributed by atoms with van der Waals surface area (Å²) in [5, 5.41) is 12.0. The third-order valence-corrected chi connectivity index (χ3v) is 4.34. The van der Waals surface area contributed by atoms with Gasteiger partial charge < -0.3 is 14.8 Å². The average molecular weight is 476 g/mol. The Bertz CT molecular complexity index is 889. The first-order valence-corrected chi connectivity index (χ1v) is 9.04. The van der Waals surface area contributed by atoms with Crippen molar-refractivity contribution >= 4 is 40.5 Å². The van der Waals surface area contributed by atoms with Crippen LogP contribution < -0.4 is 10.1 Å². The molecule has 0 aromatic heterocycles. The molecule has 27 heavy (non-hydrogen) atoms. The van der Waals surface area contributed by atoms with Crippen molar-refractivity contribution in [2.24, 2.45) is 0 Å². The Morgan fingerprint density at radius 2 is 1.96 bits per heavy atom. The average Bonchev–Trinajstić information content (AvgIpc) is 2.70. The fourth-order valence-electron chi connectivity index (χ4n) is 2.11. The Balaban J connectivity index is 2.05. The molecular weight excluding hydrogens is 459 g/mol. The van der Waals surface area contributed by atoms with Gasteiger partial charge in [-0.15, -0.1) is 0 Å². The summed E-state index contributed by atoms with van der Waals surface area (Å²) < 4.78 is 10.6. The lowest BCUT2D eigenvalue weighted by Gasteiger charge is -2.08. The van der Waals surface area contributed by atoms with E-state index in [1.807, 2.05) is 36.4 Å². The van der Waals surface area contributed by atoms with Crippen molar-refractivity contribution < 1.29 is 19.1 Å². The molecule has 138 valence electrons. The number of hydrogen-bond donors (Lipinski definition) is 1. The molecule has 0 heterocycles. The summed E-state index contributed by atoms with van der Waals surface area (Å²) >= 11 is 2.06. The Kier molecular flexibility index (Phi) is 7.82. The van der Waals surface area contributed by atoms with E-state index in [-0.39, 0.29) is 12.2 Å². The number of nitrogens with zero attached hydrogens (tertiary/aromatic N) is 1. The maximum Gasteiger partial charge on any atom is 0.343 e. The number of carbonyl (C=O) groups excluding carboxylic acids is 2. The molecule has 0 atom stereocenters. The summed E-state index contributed by atoms with van der Waals surface area (Å²) in [6.45, 7) is 0.156. The molecule has 2 aromatic rings. The van der Waals surface area contributed by atoms with Gasteiger partial charge in [-0.1, -0.05) is 36.4 Å². The molecule has 0 unspecified atom stereocenters. The van der Waals surface area contributed by atoms with Crippen LogP contribution in [0.4, 0.5) is 0 Å². The molecule has 6 nitrogen and oxygen atoms in total. The monoisotopic (exact) mass is 476 g/mol. The Labute approximate surface area is 170 Å². The third kappa shape index (κ3) is 6.42. The molecule has 1 N–H and O–H groups in total. The Morgan fingerprint density at radius 1 is 1.22 bits per heavy atom. The summed E-state index contributed by atoms with van der Waals surface area (Å²) in [5.74, 6) is -0.399. The molecule has 2 rings (SSSR count). The lowest BCUT2D eigenvalue weighted by Crippen LogP contribution is -2.23. The zero-order valence-electron chi connectivity index (χ0n) is 14.6. The van der Waals surface area contributed by atoms with Crippen LogP contribution in [0.1, 0.15) is 11.1 Å². The van der Waals surface area contributed by atoms with Crippen LogP contribution in [-0.4, -0.2) is 25.6 Å². The number of rotatable bonds is 7. The molecule has 0 saturated carbocycles. The molecule has 2 aromatic carbocycles. The number of carbonyl (C=O) groups is 2. The summed E-state index contributed by atoms with van der Waals surface area (Å²) in [6.07, 6.45) is 1.51. The number of methoxy groups -OCH3 is 1. The summed E-state index contributed by atoms with van der Waals surface area (Å²) in [5.41, 5.74) is 1.63. The van der Waals surface area contributed by atoms with Gasteiger partial charge in [0.15, 0.2) is 6.61 Å².